The second kappa shape index (κ2) is 11.8. The minimum atomic E-state index is 0.750. The molecule has 0 aromatic heterocycles. The number of amidine groups is 1. The summed E-state index contributed by atoms with van der Waals surface area (Å²) >= 11 is 0. The van der Waals surface area contributed by atoms with Gasteiger partial charge in [-0.05, 0) is 18.6 Å². The molecule has 0 spiro atoms. The maximum absolute atomic E-state index is 5.33. The molecular weight excluding hydrogens is 310 g/mol. The summed E-state index contributed by atoms with van der Waals surface area (Å²) in [6.45, 7) is 3.03. The van der Waals surface area contributed by atoms with Crippen molar-refractivity contribution in [1.82, 2.24) is 5.43 Å². The van der Waals surface area contributed by atoms with Crippen LogP contribution in [0.4, 0.5) is 5.69 Å². The maximum atomic E-state index is 5.33. The van der Waals surface area contributed by atoms with Gasteiger partial charge in [0.1, 0.15) is 18.3 Å². The Labute approximate surface area is 153 Å². The van der Waals surface area contributed by atoms with Gasteiger partial charge < -0.3 is 9.64 Å². The third-order valence-corrected chi connectivity index (χ3v) is 4.87. The lowest BCUT2D eigenvalue weighted by Crippen LogP contribution is -2.29. The molecular formula is C21H35N3O. The number of anilines is 1. The first-order valence-corrected chi connectivity index (χ1v) is 10.1. The lowest BCUT2D eigenvalue weighted by Gasteiger charge is -2.19. The SMILES string of the molecule is CCCCCCCCCCCCC1=NNCN1c1cccc(OC)c1. The van der Waals surface area contributed by atoms with E-state index in [1.807, 2.05) is 12.1 Å². The summed E-state index contributed by atoms with van der Waals surface area (Å²) in [7, 11) is 1.71. The van der Waals surface area contributed by atoms with Gasteiger partial charge in [-0.15, -0.1) is 0 Å². The molecule has 1 heterocycles. The van der Waals surface area contributed by atoms with Crippen LogP contribution in [0.5, 0.6) is 5.75 Å². The smallest absolute Gasteiger partial charge is 0.130 e. The summed E-state index contributed by atoms with van der Waals surface area (Å²) in [6, 6.07) is 8.20. The highest BCUT2D eigenvalue weighted by Crippen LogP contribution is 2.23. The van der Waals surface area contributed by atoms with Crippen LogP contribution in [0.15, 0.2) is 29.4 Å². The van der Waals surface area contributed by atoms with Gasteiger partial charge in [-0.1, -0.05) is 70.8 Å². The number of ether oxygens (including phenoxy) is 1. The zero-order chi connectivity index (χ0) is 17.7. The molecule has 4 heteroatoms. The van der Waals surface area contributed by atoms with E-state index in [-0.39, 0.29) is 0 Å². The Hall–Kier alpha value is -1.71. The van der Waals surface area contributed by atoms with E-state index in [0.29, 0.717) is 0 Å². The van der Waals surface area contributed by atoms with E-state index in [1.165, 1.54) is 64.2 Å². The summed E-state index contributed by atoms with van der Waals surface area (Å²) in [5, 5.41) is 4.48. The Balaban J connectivity index is 1.60. The van der Waals surface area contributed by atoms with Crippen molar-refractivity contribution in [2.24, 2.45) is 5.10 Å². The number of rotatable bonds is 13. The fraction of sp³-hybridized carbons (Fsp3) is 0.667. The van der Waals surface area contributed by atoms with Crippen molar-refractivity contribution in [3.05, 3.63) is 24.3 Å². The number of methoxy groups -OCH3 is 1. The number of nitrogens with one attached hydrogen (secondary N) is 1. The van der Waals surface area contributed by atoms with Gasteiger partial charge in [0, 0.05) is 18.2 Å². The fourth-order valence-corrected chi connectivity index (χ4v) is 3.33. The molecule has 0 bridgehead atoms. The van der Waals surface area contributed by atoms with Crippen LogP contribution in [-0.4, -0.2) is 19.6 Å². The number of hydrazone groups is 1. The molecule has 4 nitrogen and oxygen atoms in total. The monoisotopic (exact) mass is 345 g/mol. The Kier molecular flexibility index (Phi) is 9.24. The van der Waals surface area contributed by atoms with Crippen molar-refractivity contribution in [3.8, 4) is 5.75 Å². The standard InChI is InChI=1S/C21H35N3O/c1-3-4-5-6-7-8-9-10-11-12-16-21-23-22-18-24(21)19-14-13-15-20(17-19)25-2/h13-15,17,22H,3-12,16,18H2,1-2H3. The summed E-state index contributed by atoms with van der Waals surface area (Å²) in [6.07, 6.45) is 14.7. The number of nitrogens with zero attached hydrogens (tertiary/aromatic N) is 2. The largest absolute Gasteiger partial charge is 0.497 e. The highest BCUT2D eigenvalue weighted by atomic mass is 16.5. The van der Waals surface area contributed by atoms with Crippen LogP contribution >= 0.6 is 0 Å². The molecule has 1 aliphatic rings. The normalized spacial score (nSPS) is 13.7. The molecule has 0 radical (unpaired) electrons. The Morgan fingerprint density at radius 1 is 1.00 bits per heavy atom. The third-order valence-electron chi connectivity index (χ3n) is 4.87. The first-order chi connectivity index (χ1) is 12.3. The van der Waals surface area contributed by atoms with E-state index in [4.69, 9.17) is 4.74 Å². The average Bonchev–Trinajstić information content (AvgIpc) is 3.12. The lowest BCUT2D eigenvalue weighted by atomic mass is 10.1. The average molecular weight is 346 g/mol. The van der Waals surface area contributed by atoms with Crippen LogP contribution in [0.3, 0.4) is 0 Å². The summed E-state index contributed by atoms with van der Waals surface area (Å²) in [5.41, 5.74) is 4.27. The Bertz CT molecular complexity index is 516. The molecule has 0 saturated carbocycles. The molecule has 0 fully saturated rings. The van der Waals surface area contributed by atoms with Crippen molar-refractivity contribution < 1.29 is 4.74 Å². The van der Waals surface area contributed by atoms with Gasteiger partial charge in [-0.2, -0.15) is 5.10 Å². The molecule has 1 aromatic carbocycles. The zero-order valence-corrected chi connectivity index (χ0v) is 16.1. The minimum Gasteiger partial charge on any atom is -0.497 e. The lowest BCUT2D eigenvalue weighted by molar-refractivity contribution is 0.415. The number of hydrogen-bond acceptors (Lipinski definition) is 4. The molecule has 2 rings (SSSR count). The van der Waals surface area contributed by atoms with E-state index < -0.39 is 0 Å². The number of benzene rings is 1. The van der Waals surface area contributed by atoms with Crippen LogP contribution < -0.4 is 15.1 Å². The summed E-state index contributed by atoms with van der Waals surface area (Å²) in [5.74, 6) is 2.04. The predicted molar refractivity (Wildman–Crippen MR) is 107 cm³/mol. The predicted octanol–water partition coefficient (Wildman–Crippen LogP) is 5.69. The minimum absolute atomic E-state index is 0.750. The quantitative estimate of drug-likeness (QED) is 0.467. The van der Waals surface area contributed by atoms with E-state index in [1.54, 1.807) is 7.11 Å². The maximum Gasteiger partial charge on any atom is 0.130 e. The van der Waals surface area contributed by atoms with Gasteiger partial charge in [-0.25, -0.2) is 0 Å². The van der Waals surface area contributed by atoms with Crippen molar-refractivity contribution in [2.45, 2.75) is 77.6 Å². The molecule has 25 heavy (non-hydrogen) atoms. The highest BCUT2D eigenvalue weighted by Gasteiger charge is 2.18. The summed E-state index contributed by atoms with van der Waals surface area (Å²) in [4.78, 5) is 2.25. The molecule has 0 unspecified atom stereocenters. The van der Waals surface area contributed by atoms with Gasteiger partial charge in [0.15, 0.2) is 0 Å². The first-order valence-electron chi connectivity index (χ1n) is 10.1. The van der Waals surface area contributed by atoms with Gasteiger partial charge >= 0.3 is 0 Å². The number of hydrogen-bond donors (Lipinski definition) is 1. The van der Waals surface area contributed by atoms with Crippen LogP contribution in [0, 0.1) is 0 Å². The van der Waals surface area contributed by atoms with Crippen LogP contribution in [0.1, 0.15) is 77.6 Å². The van der Waals surface area contributed by atoms with Crippen molar-refractivity contribution >= 4 is 11.5 Å². The molecule has 1 aromatic rings. The van der Waals surface area contributed by atoms with E-state index in [0.717, 1.165) is 30.4 Å². The van der Waals surface area contributed by atoms with E-state index in [2.05, 4.69) is 34.5 Å². The molecule has 0 amide bonds. The zero-order valence-electron chi connectivity index (χ0n) is 16.1. The van der Waals surface area contributed by atoms with Gasteiger partial charge in [0.05, 0.1) is 7.11 Å². The topological polar surface area (TPSA) is 36.9 Å². The van der Waals surface area contributed by atoms with Gasteiger partial charge in [-0.3, -0.25) is 5.43 Å². The molecule has 0 saturated heterocycles. The van der Waals surface area contributed by atoms with Crippen molar-refractivity contribution in [3.63, 3.8) is 0 Å². The second-order valence-electron chi connectivity index (χ2n) is 6.91. The molecule has 0 atom stereocenters. The molecule has 140 valence electrons. The number of unbranched alkanes of at least 4 members (excludes halogenated alkanes) is 9. The second-order valence-corrected chi connectivity index (χ2v) is 6.91. The van der Waals surface area contributed by atoms with Crippen LogP contribution in [-0.2, 0) is 0 Å². The van der Waals surface area contributed by atoms with Crippen molar-refractivity contribution in [2.75, 3.05) is 18.7 Å². The van der Waals surface area contributed by atoms with Crippen molar-refractivity contribution in [1.29, 1.82) is 0 Å². The van der Waals surface area contributed by atoms with E-state index >= 15 is 0 Å². The first kappa shape index (κ1) is 19.6. The fourth-order valence-electron chi connectivity index (χ4n) is 3.33. The van der Waals surface area contributed by atoms with Crippen LogP contribution in [0.2, 0.25) is 0 Å². The third kappa shape index (κ3) is 6.97. The summed E-state index contributed by atoms with van der Waals surface area (Å²) < 4.78 is 5.33. The molecule has 1 N–H and O–H groups in total. The Morgan fingerprint density at radius 3 is 2.36 bits per heavy atom. The van der Waals surface area contributed by atoms with Crippen LogP contribution in [0.25, 0.3) is 0 Å². The van der Waals surface area contributed by atoms with Gasteiger partial charge in [0.25, 0.3) is 0 Å². The Morgan fingerprint density at radius 2 is 1.68 bits per heavy atom. The van der Waals surface area contributed by atoms with E-state index in [9.17, 15) is 0 Å². The highest BCUT2D eigenvalue weighted by molar-refractivity contribution is 5.98. The van der Waals surface area contributed by atoms with Gasteiger partial charge in [0.2, 0.25) is 0 Å². The molecule has 0 aliphatic carbocycles. The molecule has 1 aliphatic heterocycles.